The second kappa shape index (κ2) is 9.03. The number of halogens is 1. The average Bonchev–Trinajstić information content (AvgIpc) is 3.06. The van der Waals surface area contributed by atoms with Gasteiger partial charge in [0, 0.05) is 23.9 Å². The van der Waals surface area contributed by atoms with Crippen molar-refractivity contribution in [3.63, 3.8) is 0 Å². The molecule has 1 unspecified atom stereocenters. The van der Waals surface area contributed by atoms with Crippen LogP contribution < -0.4 is 15.4 Å². The van der Waals surface area contributed by atoms with Crippen LogP contribution in [-0.2, 0) is 4.79 Å². The minimum Gasteiger partial charge on any atom is -0.496 e. The molecule has 6 heteroatoms. The number of methoxy groups -OCH3 is 1. The van der Waals surface area contributed by atoms with Crippen molar-refractivity contribution >= 4 is 27.6 Å². The third-order valence-electron chi connectivity index (χ3n) is 4.08. The molecule has 5 nitrogen and oxygen atoms in total. The molecule has 1 atom stereocenters. The Labute approximate surface area is 145 Å². The lowest BCUT2D eigenvalue weighted by Crippen LogP contribution is -2.26. The first-order chi connectivity index (χ1) is 11.1. The van der Waals surface area contributed by atoms with Gasteiger partial charge >= 0.3 is 0 Å². The summed E-state index contributed by atoms with van der Waals surface area (Å²) in [5.74, 6) is 1.03. The van der Waals surface area contributed by atoms with E-state index in [4.69, 9.17) is 4.74 Å². The Balaban J connectivity index is 1.75. The summed E-state index contributed by atoms with van der Waals surface area (Å²) in [6, 6.07) is 5.29. The molecule has 0 aromatic heterocycles. The number of ketones is 1. The van der Waals surface area contributed by atoms with Crippen molar-refractivity contribution < 1.29 is 14.3 Å². The molecule has 0 aliphatic carbocycles. The van der Waals surface area contributed by atoms with Crippen LogP contribution >= 0.6 is 15.9 Å². The number of nitrogens with one attached hydrogen (secondary N) is 2. The topological polar surface area (TPSA) is 67.4 Å². The molecule has 0 spiro atoms. The fraction of sp³-hybridized carbons (Fsp3) is 0.529. The van der Waals surface area contributed by atoms with Crippen molar-refractivity contribution in [2.75, 3.05) is 26.7 Å². The Hall–Kier alpha value is -1.40. The summed E-state index contributed by atoms with van der Waals surface area (Å²) in [5.41, 5.74) is 0.506. The van der Waals surface area contributed by atoms with Crippen LogP contribution in [0, 0.1) is 5.92 Å². The first-order valence-electron chi connectivity index (χ1n) is 7.94. The number of hydrogen-bond acceptors (Lipinski definition) is 4. The average molecular weight is 383 g/mol. The van der Waals surface area contributed by atoms with Gasteiger partial charge in [-0.25, -0.2) is 0 Å². The van der Waals surface area contributed by atoms with Crippen LogP contribution in [0.15, 0.2) is 22.7 Å². The molecule has 1 aliphatic heterocycles. The summed E-state index contributed by atoms with van der Waals surface area (Å²) in [6.45, 7) is 2.79. The number of carbonyl (C=O) groups excluding carboxylic acids is 2. The predicted octanol–water partition coefficient (Wildman–Crippen LogP) is 2.54. The highest BCUT2D eigenvalue weighted by atomic mass is 79.9. The number of carbonyl (C=O) groups is 2. The van der Waals surface area contributed by atoms with Gasteiger partial charge in [-0.3, -0.25) is 9.59 Å². The Kier molecular flexibility index (Phi) is 7.05. The lowest BCUT2D eigenvalue weighted by Gasteiger charge is -2.10. The van der Waals surface area contributed by atoms with Gasteiger partial charge in [0.15, 0.2) is 5.78 Å². The van der Waals surface area contributed by atoms with E-state index in [1.807, 2.05) is 6.07 Å². The molecule has 2 N–H and O–H groups in total. The molecule has 1 fully saturated rings. The molecule has 23 heavy (non-hydrogen) atoms. The maximum Gasteiger partial charge on any atom is 0.220 e. The van der Waals surface area contributed by atoms with Crippen LogP contribution in [0.3, 0.4) is 0 Å². The van der Waals surface area contributed by atoms with E-state index in [1.165, 1.54) is 13.5 Å². The largest absolute Gasteiger partial charge is 0.496 e. The van der Waals surface area contributed by atoms with Crippen molar-refractivity contribution in [1.29, 1.82) is 0 Å². The lowest BCUT2D eigenvalue weighted by molar-refractivity contribution is -0.121. The van der Waals surface area contributed by atoms with Gasteiger partial charge in [0.2, 0.25) is 5.91 Å². The molecule has 1 amide bonds. The van der Waals surface area contributed by atoms with Crippen molar-refractivity contribution in [2.45, 2.75) is 25.7 Å². The molecule has 1 heterocycles. The van der Waals surface area contributed by atoms with Crippen LogP contribution in [0.1, 0.15) is 36.0 Å². The summed E-state index contributed by atoms with van der Waals surface area (Å²) in [7, 11) is 1.53. The highest BCUT2D eigenvalue weighted by Gasteiger charge is 2.16. The lowest BCUT2D eigenvalue weighted by atomic mass is 10.0. The standard InChI is InChI=1S/C17H23BrN2O3/c1-23-16-4-2-13(18)10-14(16)15(21)3-5-17(22)20-9-7-12-6-8-19-11-12/h2,4,10,12,19H,3,5-9,11H2,1H3,(H,20,22). The van der Waals surface area contributed by atoms with Crippen molar-refractivity contribution in [2.24, 2.45) is 5.92 Å². The van der Waals surface area contributed by atoms with Gasteiger partial charge in [0.25, 0.3) is 0 Å². The third-order valence-corrected chi connectivity index (χ3v) is 4.57. The van der Waals surface area contributed by atoms with Gasteiger partial charge in [-0.15, -0.1) is 0 Å². The van der Waals surface area contributed by atoms with Crippen LogP contribution in [0.4, 0.5) is 0 Å². The molecule has 1 aromatic carbocycles. The fourth-order valence-corrected chi connectivity index (χ4v) is 3.09. The van der Waals surface area contributed by atoms with Gasteiger partial charge in [-0.2, -0.15) is 0 Å². The Morgan fingerprint density at radius 3 is 2.91 bits per heavy atom. The third kappa shape index (κ3) is 5.62. The summed E-state index contributed by atoms with van der Waals surface area (Å²) in [5, 5.41) is 6.21. The molecule has 126 valence electrons. The monoisotopic (exact) mass is 382 g/mol. The smallest absolute Gasteiger partial charge is 0.220 e. The van der Waals surface area contributed by atoms with Crippen LogP contribution in [0.5, 0.6) is 5.75 Å². The summed E-state index contributed by atoms with van der Waals surface area (Å²) >= 11 is 3.35. The van der Waals surface area contributed by atoms with E-state index < -0.39 is 0 Å². The normalized spacial score (nSPS) is 17.0. The van der Waals surface area contributed by atoms with Gasteiger partial charge < -0.3 is 15.4 Å². The SMILES string of the molecule is COc1ccc(Br)cc1C(=O)CCC(=O)NCCC1CCNC1. The zero-order valence-electron chi connectivity index (χ0n) is 13.4. The van der Waals surface area contributed by atoms with Gasteiger partial charge in [-0.1, -0.05) is 15.9 Å². The van der Waals surface area contributed by atoms with Gasteiger partial charge in [-0.05, 0) is 50.0 Å². The van der Waals surface area contributed by atoms with Crippen molar-refractivity contribution in [3.05, 3.63) is 28.2 Å². The molecule has 0 bridgehead atoms. The molecule has 2 rings (SSSR count). The van der Waals surface area contributed by atoms with Gasteiger partial charge in [0.1, 0.15) is 5.75 Å². The second-order valence-corrected chi connectivity index (χ2v) is 6.68. The van der Waals surface area contributed by atoms with Crippen LogP contribution in [0.25, 0.3) is 0 Å². The van der Waals surface area contributed by atoms with E-state index in [0.29, 0.717) is 23.8 Å². The molecular weight excluding hydrogens is 360 g/mol. The van der Waals surface area contributed by atoms with E-state index in [0.717, 1.165) is 24.0 Å². The summed E-state index contributed by atoms with van der Waals surface area (Å²) in [4.78, 5) is 24.1. The van der Waals surface area contributed by atoms with E-state index >= 15 is 0 Å². The maximum atomic E-state index is 12.3. The first-order valence-corrected chi connectivity index (χ1v) is 8.73. The molecule has 1 aromatic rings. The highest BCUT2D eigenvalue weighted by Crippen LogP contribution is 2.24. The van der Waals surface area contributed by atoms with E-state index in [2.05, 4.69) is 26.6 Å². The second-order valence-electron chi connectivity index (χ2n) is 5.77. The first kappa shape index (κ1) is 17.9. The zero-order valence-corrected chi connectivity index (χ0v) is 14.9. The number of ether oxygens (including phenoxy) is 1. The van der Waals surface area contributed by atoms with Crippen LogP contribution in [0.2, 0.25) is 0 Å². The minimum atomic E-state index is -0.0849. The minimum absolute atomic E-state index is 0.0710. The summed E-state index contributed by atoms with van der Waals surface area (Å²) in [6.07, 6.45) is 2.56. The summed E-state index contributed by atoms with van der Waals surface area (Å²) < 4.78 is 6.02. The van der Waals surface area contributed by atoms with Gasteiger partial charge in [0.05, 0.1) is 12.7 Å². The number of amides is 1. The quantitative estimate of drug-likeness (QED) is 0.677. The molecular formula is C17H23BrN2O3. The molecule has 1 saturated heterocycles. The fourth-order valence-electron chi connectivity index (χ4n) is 2.72. The van der Waals surface area contributed by atoms with E-state index in [9.17, 15) is 9.59 Å². The Morgan fingerprint density at radius 1 is 1.39 bits per heavy atom. The number of rotatable bonds is 8. The molecule has 1 aliphatic rings. The number of benzene rings is 1. The van der Waals surface area contributed by atoms with E-state index in [-0.39, 0.29) is 24.5 Å². The number of hydrogen-bond donors (Lipinski definition) is 2. The van der Waals surface area contributed by atoms with Crippen LogP contribution in [-0.4, -0.2) is 38.4 Å². The Bertz CT molecular complexity index is 557. The Morgan fingerprint density at radius 2 is 2.22 bits per heavy atom. The maximum absolute atomic E-state index is 12.3. The predicted molar refractivity (Wildman–Crippen MR) is 92.9 cm³/mol. The van der Waals surface area contributed by atoms with E-state index in [1.54, 1.807) is 12.1 Å². The zero-order chi connectivity index (χ0) is 16.7. The highest BCUT2D eigenvalue weighted by molar-refractivity contribution is 9.10. The molecule has 0 saturated carbocycles. The molecule has 0 radical (unpaired) electrons. The number of Topliss-reactive ketones (excluding diaryl/α,β-unsaturated/α-hetero) is 1. The van der Waals surface area contributed by atoms with Crippen molar-refractivity contribution in [1.82, 2.24) is 10.6 Å². The van der Waals surface area contributed by atoms with Crippen molar-refractivity contribution in [3.8, 4) is 5.75 Å².